The number of hydrogen-bond acceptors (Lipinski definition) is 5. The second-order valence-corrected chi connectivity index (χ2v) is 10.7. The molecule has 0 bridgehead atoms. The van der Waals surface area contributed by atoms with Crippen molar-refractivity contribution in [2.24, 2.45) is 4.99 Å². The molecule has 1 fully saturated rings. The van der Waals surface area contributed by atoms with E-state index < -0.39 is 0 Å². The fourth-order valence-corrected chi connectivity index (χ4v) is 3.74. The zero-order valence-electron chi connectivity index (χ0n) is 20.8. The van der Waals surface area contributed by atoms with Gasteiger partial charge in [0.25, 0.3) is 0 Å². The number of benzene rings is 1. The van der Waals surface area contributed by atoms with Crippen LogP contribution in [0.25, 0.3) is 0 Å². The zero-order chi connectivity index (χ0) is 23.4. The number of guanidine groups is 1. The third-order valence-corrected chi connectivity index (χ3v) is 5.77. The van der Waals surface area contributed by atoms with Gasteiger partial charge in [0.15, 0.2) is 11.8 Å². The number of nitrogens with zero attached hydrogens (tertiary/aromatic N) is 4. The Morgan fingerprint density at radius 2 is 1.72 bits per heavy atom. The quantitative estimate of drug-likeness (QED) is 0.530. The van der Waals surface area contributed by atoms with E-state index in [4.69, 9.17) is 4.52 Å². The Labute approximate surface area is 193 Å². The summed E-state index contributed by atoms with van der Waals surface area (Å²) < 4.78 is 5.37. The predicted octanol–water partition coefficient (Wildman–Crippen LogP) is 4.39. The number of rotatable bonds is 5. The van der Waals surface area contributed by atoms with Crippen LogP contribution in [0.2, 0.25) is 0 Å². The van der Waals surface area contributed by atoms with Crippen molar-refractivity contribution in [1.82, 2.24) is 20.8 Å². The zero-order valence-corrected chi connectivity index (χ0v) is 20.8. The molecule has 1 aliphatic rings. The first-order valence-electron chi connectivity index (χ1n) is 11.8. The Kier molecular flexibility index (Phi) is 7.47. The van der Waals surface area contributed by atoms with Crippen molar-refractivity contribution in [3.8, 4) is 0 Å². The summed E-state index contributed by atoms with van der Waals surface area (Å²) in [5, 5.41) is 11.0. The van der Waals surface area contributed by atoms with Gasteiger partial charge in [-0.1, -0.05) is 58.8 Å². The minimum Gasteiger partial charge on any atom is -0.371 e. The number of piperidine rings is 1. The fourth-order valence-electron chi connectivity index (χ4n) is 3.74. The van der Waals surface area contributed by atoms with E-state index in [2.05, 4.69) is 103 Å². The molecule has 1 aliphatic heterocycles. The second-order valence-electron chi connectivity index (χ2n) is 10.7. The van der Waals surface area contributed by atoms with E-state index in [1.807, 2.05) is 0 Å². The summed E-state index contributed by atoms with van der Waals surface area (Å²) >= 11 is 0. The lowest BCUT2D eigenvalue weighted by Crippen LogP contribution is -2.48. The van der Waals surface area contributed by atoms with Gasteiger partial charge in [-0.25, -0.2) is 4.99 Å². The minimum absolute atomic E-state index is 0.154. The Morgan fingerprint density at radius 1 is 1.06 bits per heavy atom. The van der Waals surface area contributed by atoms with Crippen molar-refractivity contribution >= 4 is 11.6 Å². The number of aromatic nitrogens is 2. The van der Waals surface area contributed by atoms with Gasteiger partial charge in [-0.3, -0.25) is 0 Å². The standard InChI is InChI=1S/C25H40N6O/c1-8-26-23(27-17-21-29-22(32-30-21)25(5,6)7)28-19-13-15-31(16-14-19)20-11-9-18(10-12-20)24(2,3)4/h9-12,19H,8,13-17H2,1-7H3,(H2,26,27,28). The molecule has 1 saturated heterocycles. The molecule has 7 nitrogen and oxygen atoms in total. The van der Waals surface area contributed by atoms with Gasteiger partial charge in [-0.2, -0.15) is 4.98 Å². The van der Waals surface area contributed by atoms with E-state index in [1.54, 1.807) is 0 Å². The van der Waals surface area contributed by atoms with E-state index >= 15 is 0 Å². The molecule has 32 heavy (non-hydrogen) atoms. The Balaban J connectivity index is 1.54. The molecule has 1 aromatic carbocycles. The molecule has 0 atom stereocenters. The van der Waals surface area contributed by atoms with Crippen LogP contribution in [-0.4, -0.2) is 41.8 Å². The molecule has 3 rings (SSSR count). The predicted molar refractivity (Wildman–Crippen MR) is 131 cm³/mol. The van der Waals surface area contributed by atoms with E-state index in [-0.39, 0.29) is 10.8 Å². The summed E-state index contributed by atoms with van der Waals surface area (Å²) in [5.41, 5.74) is 2.72. The number of nitrogens with one attached hydrogen (secondary N) is 2. The lowest BCUT2D eigenvalue weighted by molar-refractivity contribution is 0.318. The van der Waals surface area contributed by atoms with Crippen molar-refractivity contribution in [2.45, 2.75) is 84.7 Å². The van der Waals surface area contributed by atoms with Crippen LogP contribution >= 0.6 is 0 Å². The average molecular weight is 441 g/mol. The number of anilines is 1. The molecule has 0 aliphatic carbocycles. The summed E-state index contributed by atoms with van der Waals surface area (Å²) in [6.45, 7) is 18.3. The van der Waals surface area contributed by atoms with Crippen molar-refractivity contribution in [3.63, 3.8) is 0 Å². The molecular formula is C25H40N6O. The summed E-state index contributed by atoms with van der Waals surface area (Å²) in [6, 6.07) is 9.44. The largest absolute Gasteiger partial charge is 0.371 e. The maximum atomic E-state index is 5.37. The lowest BCUT2D eigenvalue weighted by Gasteiger charge is -2.35. The topological polar surface area (TPSA) is 78.6 Å². The highest BCUT2D eigenvalue weighted by Gasteiger charge is 2.23. The van der Waals surface area contributed by atoms with Gasteiger partial charge in [-0.15, -0.1) is 0 Å². The first-order chi connectivity index (χ1) is 15.1. The first kappa shape index (κ1) is 24.1. The van der Waals surface area contributed by atoms with Crippen LogP contribution in [0.4, 0.5) is 5.69 Å². The maximum Gasteiger partial charge on any atom is 0.232 e. The molecule has 1 aromatic heterocycles. The summed E-state index contributed by atoms with van der Waals surface area (Å²) in [6.07, 6.45) is 2.14. The van der Waals surface area contributed by atoms with Crippen LogP contribution in [0.5, 0.6) is 0 Å². The minimum atomic E-state index is -0.154. The average Bonchev–Trinajstić information content (AvgIpc) is 3.22. The normalized spacial score (nSPS) is 16.3. The maximum absolute atomic E-state index is 5.37. The van der Waals surface area contributed by atoms with E-state index in [0.717, 1.165) is 38.4 Å². The SMILES string of the molecule is CCNC(=NCc1noc(C(C)(C)C)n1)NC1CCN(c2ccc(C(C)(C)C)cc2)CC1. The Hall–Kier alpha value is -2.57. The van der Waals surface area contributed by atoms with Gasteiger partial charge >= 0.3 is 0 Å². The molecule has 0 radical (unpaired) electrons. The number of hydrogen-bond donors (Lipinski definition) is 2. The Morgan fingerprint density at radius 3 is 2.25 bits per heavy atom. The van der Waals surface area contributed by atoms with Crippen molar-refractivity contribution < 1.29 is 4.52 Å². The summed E-state index contributed by atoms with van der Waals surface area (Å²) in [4.78, 5) is 11.6. The Bertz CT molecular complexity index is 880. The van der Waals surface area contributed by atoms with E-state index in [1.165, 1.54) is 11.3 Å². The smallest absolute Gasteiger partial charge is 0.232 e. The van der Waals surface area contributed by atoms with Crippen molar-refractivity contribution in [2.75, 3.05) is 24.5 Å². The molecule has 2 heterocycles. The molecular weight excluding hydrogens is 400 g/mol. The monoisotopic (exact) mass is 440 g/mol. The highest BCUT2D eigenvalue weighted by Crippen LogP contribution is 2.26. The van der Waals surface area contributed by atoms with Gasteiger partial charge in [-0.05, 0) is 42.9 Å². The van der Waals surface area contributed by atoms with Gasteiger partial charge < -0.3 is 20.1 Å². The van der Waals surface area contributed by atoms with Gasteiger partial charge in [0.1, 0.15) is 6.54 Å². The first-order valence-corrected chi connectivity index (χ1v) is 11.8. The van der Waals surface area contributed by atoms with Crippen LogP contribution in [0.15, 0.2) is 33.8 Å². The van der Waals surface area contributed by atoms with Crippen LogP contribution < -0.4 is 15.5 Å². The molecule has 0 saturated carbocycles. The summed E-state index contributed by atoms with van der Waals surface area (Å²) in [7, 11) is 0. The van der Waals surface area contributed by atoms with Gasteiger partial charge in [0, 0.05) is 36.8 Å². The van der Waals surface area contributed by atoms with Crippen LogP contribution in [-0.2, 0) is 17.4 Å². The molecule has 0 amide bonds. The van der Waals surface area contributed by atoms with Gasteiger partial charge in [0.2, 0.25) is 5.89 Å². The van der Waals surface area contributed by atoms with Crippen LogP contribution in [0.3, 0.4) is 0 Å². The molecule has 2 N–H and O–H groups in total. The molecule has 0 unspecified atom stereocenters. The highest BCUT2D eigenvalue weighted by molar-refractivity contribution is 5.80. The summed E-state index contributed by atoms with van der Waals surface area (Å²) in [5.74, 6) is 2.06. The highest BCUT2D eigenvalue weighted by atomic mass is 16.5. The van der Waals surface area contributed by atoms with E-state index in [0.29, 0.717) is 24.3 Å². The van der Waals surface area contributed by atoms with Gasteiger partial charge in [0.05, 0.1) is 0 Å². The van der Waals surface area contributed by atoms with E-state index in [9.17, 15) is 0 Å². The molecule has 2 aromatic rings. The molecule has 0 spiro atoms. The molecule has 7 heteroatoms. The van der Waals surface area contributed by atoms with Crippen LogP contribution in [0.1, 0.15) is 78.6 Å². The molecule has 176 valence electrons. The second kappa shape index (κ2) is 9.92. The van der Waals surface area contributed by atoms with Crippen LogP contribution in [0, 0.1) is 0 Å². The third kappa shape index (κ3) is 6.47. The van der Waals surface area contributed by atoms with Crippen molar-refractivity contribution in [3.05, 3.63) is 41.5 Å². The third-order valence-electron chi connectivity index (χ3n) is 5.77. The lowest BCUT2D eigenvalue weighted by atomic mass is 9.87. The number of aliphatic imine (C=N–C) groups is 1. The fraction of sp³-hybridized carbons (Fsp3) is 0.640. The van der Waals surface area contributed by atoms with Crippen molar-refractivity contribution in [1.29, 1.82) is 0 Å².